The summed E-state index contributed by atoms with van der Waals surface area (Å²) in [4.78, 5) is 40.2. The summed E-state index contributed by atoms with van der Waals surface area (Å²) in [7, 11) is 0. The fourth-order valence-corrected chi connectivity index (χ4v) is 4.11. The summed E-state index contributed by atoms with van der Waals surface area (Å²) in [5.41, 5.74) is 0.524. The lowest BCUT2D eigenvalue weighted by Crippen LogP contribution is -2.54. The summed E-state index contributed by atoms with van der Waals surface area (Å²) in [5, 5.41) is 2.62. The molecule has 1 aliphatic carbocycles. The molecule has 148 valence electrons. The van der Waals surface area contributed by atoms with Crippen molar-refractivity contribution in [2.45, 2.75) is 38.1 Å². The van der Waals surface area contributed by atoms with Crippen LogP contribution in [0.2, 0.25) is 0 Å². The number of hydrogen-bond acceptors (Lipinski definition) is 4. The molecule has 2 fully saturated rings. The van der Waals surface area contributed by atoms with Gasteiger partial charge in [0.1, 0.15) is 0 Å². The van der Waals surface area contributed by atoms with Gasteiger partial charge >= 0.3 is 6.03 Å². The number of rotatable bonds is 2. The van der Waals surface area contributed by atoms with Gasteiger partial charge in [0.05, 0.1) is 0 Å². The Hall–Kier alpha value is -1.73. The molecule has 0 spiro atoms. The molecule has 1 heterocycles. The molecular weight excluding hydrogens is 386 g/mol. The zero-order valence-corrected chi connectivity index (χ0v) is 16.9. The average molecular weight is 412 g/mol. The first-order valence-electron chi connectivity index (χ1n) is 9.25. The number of piperazine rings is 1. The molecule has 3 amide bonds. The minimum atomic E-state index is -0.244. The lowest BCUT2D eigenvalue weighted by molar-refractivity contribution is 0.108. The molecule has 8 heteroatoms. The van der Waals surface area contributed by atoms with E-state index in [1.165, 1.54) is 19.3 Å². The summed E-state index contributed by atoms with van der Waals surface area (Å²) in [6.07, 6.45) is 5.73. The number of halogens is 1. The van der Waals surface area contributed by atoms with Gasteiger partial charge in [0, 0.05) is 49.5 Å². The van der Waals surface area contributed by atoms with Crippen molar-refractivity contribution >= 4 is 40.6 Å². The predicted molar refractivity (Wildman–Crippen MR) is 110 cm³/mol. The summed E-state index contributed by atoms with van der Waals surface area (Å²) in [6.45, 7) is 1.94. The van der Waals surface area contributed by atoms with Gasteiger partial charge in [-0.3, -0.25) is 9.59 Å². The third-order valence-corrected chi connectivity index (χ3v) is 5.80. The monoisotopic (exact) mass is 411 g/mol. The fourth-order valence-electron chi connectivity index (χ4n) is 3.38. The highest BCUT2D eigenvalue weighted by atomic mass is 35.5. The van der Waals surface area contributed by atoms with Crippen molar-refractivity contribution in [2.75, 3.05) is 26.2 Å². The van der Waals surface area contributed by atoms with E-state index >= 15 is 0 Å². The van der Waals surface area contributed by atoms with E-state index in [1.807, 2.05) is 6.07 Å². The van der Waals surface area contributed by atoms with E-state index in [0.717, 1.165) is 24.6 Å². The molecule has 0 unspecified atom stereocenters. The van der Waals surface area contributed by atoms with E-state index in [-0.39, 0.29) is 34.8 Å². The normalized spacial score (nSPS) is 17.8. The molecule has 1 N–H and O–H groups in total. The number of nitrogens with one attached hydrogen (secondary N) is 1. The molecule has 27 heavy (non-hydrogen) atoms. The van der Waals surface area contributed by atoms with Crippen LogP contribution in [0.3, 0.4) is 0 Å². The van der Waals surface area contributed by atoms with Crippen molar-refractivity contribution in [3.8, 4) is 0 Å². The molecule has 2 aliphatic rings. The van der Waals surface area contributed by atoms with Gasteiger partial charge in [-0.05, 0) is 12.8 Å². The van der Waals surface area contributed by atoms with Gasteiger partial charge in [0.15, 0.2) is 0 Å². The highest BCUT2D eigenvalue weighted by molar-refractivity contribution is 8.26. The second-order valence-corrected chi connectivity index (χ2v) is 7.70. The van der Waals surface area contributed by atoms with E-state index in [0.29, 0.717) is 31.7 Å². The van der Waals surface area contributed by atoms with Crippen molar-refractivity contribution in [1.82, 2.24) is 15.1 Å². The summed E-state index contributed by atoms with van der Waals surface area (Å²) in [6, 6.07) is 9.06. The Morgan fingerprint density at radius 1 is 0.889 bits per heavy atom. The minimum absolute atomic E-state index is 0. The van der Waals surface area contributed by atoms with Crippen molar-refractivity contribution in [2.24, 2.45) is 0 Å². The SMILES string of the molecule is Cl.O=C(SC(=O)N1CCN(C(=O)NC2CCCCC2)CC1)c1ccccc1. The Labute approximate surface area is 170 Å². The number of benzene rings is 1. The Bertz CT molecular complexity index is 645. The van der Waals surface area contributed by atoms with E-state index < -0.39 is 0 Å². The van der Waals surface area contributed by atoms with Crippen LogP contribution in [0.1, 0.15) is 42.5 Å². The van der Waals surface area contributed by atoms with Crippen molar-refractivity contribution in [3.63, 3.8) is 0 Å². The van der Waals surface area contributed by atoms with Crippen molar-refractivity contribution < 1.29 is 14.4 Å². The van der Waals surface area contributed by atoms with Crippen molar-refractivity contribution in [1.29, 1.82) is 0 Å². The molecule has 1 aromatic rings. The minimum Gasteiger partial charge on any atom is -0.335 e. The fraction of sp³-hybridized carbons (Fsp3) is 0.526. The molecule has 3 rings (SSSR count). The lowest BCUT2D eigenvalue weighted by atomic mass is 9.96. The first kappa shape index (κ1) is 21.6. The van der Waals surface area contributed by atoms with Gasteiger partial charge in [0.25, 0.3) is 5.24 Å². The standard InChI is InChI=1S/C19H25N3O3S.ClH/c23-17(15-7-3-1-4-8-15)26-19(25)22-13-11-21(12-14-22)18(24)20-16-9-5-2-6-10-16;/h1,3-4,7-8,16H,2,5-6,9-14H2,(H,20,24);1H. The smallest absolute Gasteiger partial charge is 0.317 e. The molecular formula is C19H26ClN3O3S. The van der Waals surface area contributed by atoms with Crippen LogP contribution >= 0.6 is 24.2 Å². The number of urea groups is 1. The lowest BCUT2D eigenvalue weighted by Gasteiger charge is -2.35. The molecule has 1 aliphatic heterocycles. The van der Waals surface area contributed by atoms with Gasteiger partial charge in [-0.15, -0.1) is 12.4 Å². The maximum atomic E-state index is 12.4. The van der Waals surface area contributed by atoms with Crippen LogP contribution in [-0.2, 0) is 0 Å². The van der Waals surface area contributed by atoms with E-state index in [9.17, 15) is 14.4 Å². The molecule has 1 saturated heterocycles. The zero-order valence-electron chi connectivity index (χ0n) is 15.3. The molecule has 0 radical (unpaired) electrons. The predicted octanol–water partition coefficient (Wildman–Crippen LogP) is 3.76. The molecule has 0 bridgehead atoms. The molecule has 6 nitrogen and oxygen atoms in total. The zero-order chi connectivity index (χ0) is 18.4. The highest BCUT2D eigenvalue weighted by Crippen LogP contribution is 2.19. The molecule has 1 aromatic carbocycles. The second kappa shape index (κ2) is 10.6. The number of hydrogen-bond donors (Lipinski definition) is 1. The van der Waals surface area contributed by atoms with Crippen LogP contribution in [0.25, 0.3) is 0 Å². The third-order valence-electron chi connectivity index (χ3n) is 4.95. The summed E-state index contributed by atoms with van der Waals surface area (Å²) < 4.78 is 0. The van der Waals surface area contributed by atoms with Gasteiger partial charge in [-0.1, -0.05) is 49.6 Å². The largest absolute Gasteiger partial charge is 0.335 e. The number of amides is 3. The van der Waals surface area contributed by atoms with Gasteiger partial charge in [-0.2, -0.15) is 0 Å². The maximum absolute atomic E-state index is 12.4. The Morgan fingerprint density at radius 3 is 2.11 bits per heavy atom. The molecule has 0 atom stereocenters. The second-order valence-electron chi connectivity index (χ2n) is 6.78. The van der Waals surface area contributed by atoms with Gasteiger partial charge in [0.2, 0.25) is 5.12 Å². The Morgan fingerprint density at radius 2 is 1.48 bits per heavy atom. The van der Waals surface area contributed by atoms with Crippen LogP contribution in [0, 0.1) is 0 Å². The number of nitrogens with zero attached hydrogens (tertiary/aromatic N) is 2. The van der Waals surface area contributed by atoms with Crippen LogP contribution in [0.5, 0.6) is 0 Å². The number of carbonyl (C=O) groups excluding carboxylic acids is 3. The van der Waals surface area contributed by atoms with E-state index in [1.54, 1.807) is 34.1 Å². The summed E-state index contributed by atoms with van der Waals surface area (Å²) >= 11 is 0.726. The Balaban J connectivity index is 0.00000261. The molecule has 0 aromatic heterocycles. The average Bonchev–Trinajstić information content (AvgIpc) is 2.69. The number of carbonyl (C=O) groups is 3. The maximum Gasteiger partial charge on any atom is 0.317 e. The molecule has 1 saturated carbocycles. The van der Waals surface area contributed by atoms with Crippen LogP contribution in [0.4, 0.5) is 9.59 Å². The third kappa shape index (κ3) is 6.14. The topological polar surface area (TPSA) is 69.7 Å². The first-order valence-corrected chi connectivity index (χ1v) is 10.1. The Kier molecular flexibility index (Phi) is 8.44. The quantitative estimate of drug-likeness (QED) is 0.804. The highest BCUT2D eigenvalue weighted by Gasteiger charge is 2.27. The van der Waals surface area contributed by atoms with Gasteiger partial charge < -0.3 is 15.1 Å². The van der Waals surface area contributed by atoms with Crippen LogP contribution < -0.4 is 5.32 Å². The van der Waals surface area contributed by atoms with E-state index in [2.05, 4.69) is 5.32 Å². The van der Waals surface area contributed by atoms with Crippen LogP contribution in [-0.4, -0.2) is 58.4 Å². The van der Waals surface area contributed by atoms with Crippen molar-refractivity contribution in [3.05, 3.63) is 35.9 Å². The summed E-state index contributed by atoms with van der Waals surface area (Å²) in [5.74, 6) is 0. The van der Waals surface area contributed by atoms with E-state index in [4.69, 9.17) is 0 Å². The van der Waals surface area contributed by atoms with Crippen LogP contribution in [0.15, 0.2) is 30.3 Å². The van der Waals surface area contributed by atoms with Gasteiger partial charge in [-0.25, -0.2) is 4.79 Å². The first-order chi connectivity index (χ1) is 12.6. The number of thioether (sulfide) groups is 1.